The first-order valence-electron chi connectivity index (χ1n) is 5.39. The summed E-state index contributed by atoms with van der Waals surface area (Å²) in [6.07, 6.45) is 0. The van der Waals surface area contributed by atoms with E-state index >= 15 is 0 Å². The third-order valence-corrected chi connectivity index (χ3v) is 3.15. The van der Waals surface area contributed by atoms with Crippen molar-refractivity contribution in [2.75, 3.05) is 5.32 Å². The minimum Gasteiger partial charge on any atom is -0.380 e. The Morgan fingerprint density at radius 1 is 1.18 bits per heavy atom. The van der Waals surface area contributed by atoms with E-state index in [4.69, 9.17) is 0 Å². The number of hydrogen-bond acceptors (Lipinski definition) is 1. The maximum absolute atomic E-state index is 12.9. The second-order valence-corrected chi connectivity index (χ2v) is 4.82. The van der Waals surface area contributed by atoms with Crippen molar-refractivity contribution in [2.24, 2.45) is 0 Å². The normalized spacial score (nSPS) is 10.3. The fourth-order valence-corrected chi connectivity index (χ4v) is 2.14. The summed E-state index contributed by atoms with van der Waals surface area (Å²) in [4.78, 5) is 0. The van der Waals surface area contributed by atoms with Crippen LogP contribution in [0.4, 0.5) is 10.1 Å². The number of anilines is 1. The van der Waals surface area contributed by atoms with Crippen LogP contribution in [-0.4, -0.2) is 0 Å². The van der Waals surface area contributed by atoms with Crippen LogP contribution in [0, 0.1) is 12.7 Å². The number of aryl methyl sites for hydroxylation is 1. The summed E-state index contributed by atoms with van der Waals surface area (Å²) >= 11 is 3.33. The van der Waals surface area contributed by atoms with E-state index in [9.17, 15) is 4.39 Å². The maximum Gasteiger partial charge on any atom is 0.124 e. The Morgan fingerprint density at radius 3 is 2.71 bits per heavy atom. The molecular weight excluding hydrogens is 281 g/mol. The molecule has 0 spiro atoms. The number of nitrogens with one attached hydrogen (secondary N) is 1. The average Bonchev–Trinajstić information content (AvgIpc) is 2.28. The van der Waals surface area contributed by atoms with Gasteiger partial charge in [-0.15, -0.1) is 0 Å². The lowest BCUT2D eigenvalue weighted by atomic mass is 10.1. The summed E-state index contributed by atoms with van der Waals surface area (Å²) in [5.74, 6) is -0.238. The second-order valence-electron chi connectivity index (χ2n) is 3.97. The molecular formula is C14H13BrFN. The van der Waals surface area contributed by atoms with E-state index in [1.54, 1.807) is 6.07 Å². The van der Waals surface area contributed by atoms with Gasteiger partial charge in [-0.2, -0.15) is 0 Å². The molecule has 0 aliphatic carbocycles. The summed E-state index contributed by atoms with van der Waals surface area (Å²) in [7, 11) is 0. The molecule has 0 aromatic heterocycles. The zero-order chi connectivity index (χ0) is 12.3. The highest BCUT2D eigenvalue weighted by Gasteiger charge is 2.01. The van der Waals surface area contributed by atoms with Gasteiger partial charge in [0.1, 0.15) is 5.82 Å². The zero-order valence-corrected chi connectivity index (χ0v) is 11.1. The molecule has 0 bridgehead atoms. The summed E-state index contributed by atoms with van der Waals surface area (Å²) in [6.45, 7) is 2.79. The van der Waals surface area contributed by atoms with E-state index in [0.29, 0.717) is 0 Å². The van der Waals surface area contributed by atoms with E-state index in [1.807, 2.05) is 6.07 Å². The van der Waals surface area contributed by atoms with Gasteiger partial charge in [-0.3, -0.25) is 0 Å². The molecule has 0 amide bonds. The fraction of sp³-hybridized carbons (Fsp3) is 0.143. The van der Waals surface area contributed by atoms with Gasteiger partial charge >= 0.3 is 0 Å². The molecule has 0 aliphatic heterocycles. The largest absolute Gasteiger partial charge is 0.380 e. The molecule has 3 heteroatoms. The lowest BCUT2D eigenvalue weighted by molar-refractivity contribution is 0.627. The molecule has 0 atom stereocenters. The number of hydrogen-bond donors (Lipinski definition) is 1. The second kappa shape index (κ2) is 5.32. The van der Waals surface area contributed by atoms with Gasteiger partial charge in [-0.25, -0.2) is 4.39 Å². The number of benzene rings is 2. The van der Waals surface area contributed by atoms with Crippen LogP contribution < -0.4 is 5.32 Å². The summed E-state index contributed by atoms with van der Waals surface area (Å²) < 4.78 is 13.6. The fourth-order valence-electron chi connectivity index (χ4n) is 1.65. The Hall–Kier alpha value is -1.35. The van der Waals surface area contributed by atoms with Crippen molar-refractivity contribution in [1.29, 1.82) is 0 Å². The van der Waals surface area contributed by atoms with Crippen molar-refractivity contribution < 1.29 is 4.39 Å². The van der Waals surface area contributed by atoms with Gasteiger partial charge in [0, 0.05) is 16.7 Å². The summed E-state index contributed by atoms with van der Waals surface area (Å²) in [6, 6.07) is 12.9. The van der Waals surface area contributed by atoms with E-state index in [1.165, 1.54) is 23.3 Å². The van der Waals surface area contributed by atoms with Gasteiger partial charge in [0.15, 0.2) is 0 Å². The zero-order valence-electron chi connectivity index (χ0n) is 9.50. The molecule has 88 valence electrons. The van der Waals surface area contributed by atoms with Crippen LogP contribution in [-0.2, 0) is 6.54 Å². The molecule has 1 nitrogen and oxygen atoms in total. The van der Waals surface area contributed by atoms with Gasteiger partial charge in [0.05, 0.1) is 0 Å². The summed E-state index contributed by atoms with van der Waals surface area (Å²) in [5.41, 5.74) is 3.34. The van der Waals surface area contributed by atoms with Gasteiger partial charge in [-0.1, -0.05) is 29.8 Å². The molecule has 0 saturated heterocycles. The lowest BCUT2D eigenvalue weighted by Crippen LogP contribution is -2.00. The van der Waals surface area contributed by atoms with Gasteiger partial charge in [0.2, 0.25) is 0 Å². The van der Waals surface area contributed by atoms with Gasteiger partial charge in [-0.05, 0) is 46.6 Å². The molecule has 17 heavy (non-hydrogen) atoms. The van der Waals surface area contributed by atoms with Crippen LogP contribution >= 0.6 is 15.9 Å². The van der Waals surface area contributed by atoms with E-state index in [2.05, 4.69) is 46.4 Å². The molecule has 0 fully saturated rings. The minimum atomic E-state index is -0.238. The molecule has 0 unspecified atom stereocenters. The Labute approximate surface area is 109 Å². The lowest BCUT2D eigenvalue weighted by Gasteiger charge is -2.09. The van der Waals surface area contributed by atoms with E-state index in [0.717, 1.165) is 16.7 Å². The van der Waals surface area contributed by atoms with Crippen LogP contribution in [0.3, 0.4) is 0 Å². The third-order valence-electron chi connectivity index (χ3n) is 2.50. The Bertz CT molecular complexity index is 525. The van der Waals surface area contributed by atoms with Gasteiger partial charge in [0.25, 0.3) is 0 Å². The van der Waals surface area contributed by atoms with Crippen molar-refractivity contribution in [2.45, 2.75) is 13.5 Å². The molecule has 0 aliphatic rings. The van der Waals surface area contributed by atoms with E-state index in [-0.39, 0.29) is 5.82 Å². The first-order chi connectivity index (χ1) is 8.15. The molecule has 0 heterocycles. The van der Waals surface area contributed by atoms with Crippen LogP contribution in [0.5, 0.6) is 0 Å². The SMILES string of the molecule is Cc1cccc(CNc2ccc(F)cc2Br)c1. The van der Waals surface area contributed by atoms with Crippen LogP contribution in [0.1, 0.15) is 11.1 Å². The Balaban J connectivity index is 2.07. The Kier molecular flexibility index (Phi) is 3.79. The quantitative estimate of drug-likeness (QED) is 0.878. The standard InChI is InChI=1S/C14H13BrFN/c1-10-3-2-4-11(7-10)9-17-14-6-5-12(16)8-13(14)15/h2-8,17H,9H2,1H3. The molecule has 2 rings (SSSR count). The average molecular weight is 294 g/mol. The highest BCUT2D eigenvalue weighted by Crippen LogP contribution is 2.23. The van der Waals surface area contributed by atoms with Crippen LogP contribution in [0.15, 0.2) is 46.9 Å². The van der Waals surface area contributed by atoms with Crippen molar-refractivity contribution >= 4 is 21.6 Å². The first-order valence-corrected chi connectivity index (χ1v) is 6.19. The highest BCUT2D eigenvalue weighted by molar-refractivity contribution is 9.10. The maximum atomic E-state index is 12.9. The predicted octanol–water partition coefficient (Wildman–Crippen LogP) is 4.51. The number of rotatable bonds is 3. The molecule has 0 radical (unpaired) electrons. The monoisotopic (exact) mass is 293 g/mol. The van der Waals surface area contributed by atoms with Crippen molar-refractivity contribution in [1.82, 2.24) is 0 Å². The van der Waals surface area contributed by atoms with E-state index < -0.39 is 0 Å². The molecule has 2 aromatic rings. The Morgan fingerprint density at radius 2 is 2.00 bits per heavy atom. The first kappa shape index (κ1) is 12.1. The van der Waals surface area contributed by atoms with Gasteiger partial charge < -0.3 is 5.32 Å². The smallest absolute Gasteiger partial charge is 0.124 e. The van der Waals surface area contributed by atoms with Crippen LogP contribution in [0.25, 0.3) is 0 Å². The van der Waals surface area contributed by atoms with Crippen LogP contribution in [0.2, 0.25) is 0 Å². The minimum absolute atomic E-state index is 0.238. The van der Waals surface area contributed by atoms with Crippen molar-refractivity contribution in [3.8, 4) is 0 Å². The highest BCUT2D eigenvalue weighted by atomic mass is 79.9. The van der Waals surface area contributed by atoms with Crippen molar-refractivity contribution in [3.63, 3.8) is 0 Å². The molecule has 1 N–H and O–H groups in total. The molecule has 2 aromatic carbocycles. The van der Waals surface area contributed by atoms with Crippen molar-refractivity contribution in [3.05, 3.63) is 63.9 Å². The third kappa shape index (κ3) is 3.30. The predicted molar refractivity (Wildman–Crippen MR) is 72.6 cm³/mol. The number of halogens is 2. The summed E-state index contributed by atoms with van der Waals surface area (Å²) in [5, 5.41) is 3.27. The molecule has 0 saturated carbocycles. The topological polar surface area (TPSA) is 12.0 Å².